The zero-order valence-electron chi connectivity index (χ0n) is 17.9. The van der Waals surface area contributed by atoms with Gasteiger partial charge < -0.3 is 18.9 Å². The standard InChI is InChI=1S/C23H22ClN5O3/c1-14-11-26(13-25-14)19-6-7-20-23(31)27(8-9-28(20)22(19)30)15(2)18-12-29(32-3)21-10-16(24)4-5-17(18)21/h4-7,10-13,15H,8-9H2,1-3H3/t15-/m1/s1. The summed E-state index contributed by atoms with van der Waals surface area (Å²) in [4.78, 5) is 37.9. The first kappa shape index (κ1) is 20.4. The van der Waals surface area contributed by atoms with E-state index in [1.54, 1.807) is 50.5 Å². The van der Waals surface area contributed by atoms with Crippen molar-refractivity contribution in [3.63, 3.8) is 0 Å². The van der Waals surface area contributed by atoms with Crippen LogP contribution < -0.4 is 10.4 Å². The highest BCUT2D eigenvalue weighted by Gasteiger charge is 2.31. The Hall–Kier alpha value is -3.52. The van der Waals surface area contributed by atoms with Crippen LogP contribution in [0.2, 0.25) is 5.02 Å². The fraction of sp³-hybridized carbons (Fsp3) is 0.261. The van der Waals surface area contributed by atoms with Gasteiger partial charge in [-0.25, -0.2) is 4.98 Å². The van der Waals surface area contributed by atoms with Gasteiger partial charge in [0.25, 0.3) is 11.5 Å². The minimum Gasteiger partial charge on any atom is -0.417 e. The van der Waals surface area contributed by atoms with E-state index < -0.39 is 0 Å². The first-order valence-corrected chi connectivity index (χ1v) is 10.7. The molecule has 4 heterocycles. The number of aromatic nitrogens is 4. The van der Waals surface area contributed by atoms with E-state index in [2.05, 4.69) is 4.98 Å². The quantitative estimate of drug-likeness (QED) is 0.477. The molecule has 1 aliphatic heterocycles. The van der Waals surface area contributed by atoms with Gasteiger partial charge in [0.1, 0.15) is 18.5 Å². The van der Waals surface area contributed by atoms with Crippen molar-refractivity contribution in [2.75, 3.05) is 13.7 Å². The van der Waals surface area contributed by atoms with Crippen molar-refractivity contribution in [1.29, 1.82) is 0 Å². The van der Waals surface area contributed by atoms with E-state index in [4.69, 9.17) is 16.4 Å². The van der Waals surface area contributed by atoms with Gasteiger partial charge in [-0.2, -0.15) is 4.73 Å². The highest BCUT2D eigenvalue weighted by Crippen LogP contribution is 2.32. The van der Waals surface area contributed by atoms with E-state index in [-0.39, 0.29) is 17.5 Å². The second kappa shape index (κ2) is 7.56. The summed E-state index contributed by atoms with van der Waals surface area (Å²) in [5, 5.41) is 1.57. The number of carbonyl (C=O) groups is 1. The highest BCUT2D eigenvalue weighted by molar-refractivity contribution is 6.31. The molecule has 164 valence electrons. The average molecular weight is 452 g/mol. The molecule has 3 aromatic heterocycles. The molecule has 0 saturated heterocycles. The molecular formula is C23H22ClN5O3. The number of fused-ring (bicyclic) bond motifs is 2. The summed E-state index contributed by atoms with van der Waals surface area (Å²) in [7, 11) is 1.59. The number of nitrogens with zero attached hydrogens (tertiary/aromatic N) is 5. The van der Waals surface area contributed by atoms with Crippen molar-refractivity contribution in [3.8, 4) is 5.69 Å². The predicted octanol–water partition coefficient (Wildman–Crippen LogP) is 3.23. The summed E-state index contributed by atoms with van der Waals surface area (Å²) in [5.74, 6) is -0.179. The zero-order valence-corrected chi connectivity index (χ0v) is 18.7. The summed E-state index contributed by atoms with van der Waals surface area (Å²) in [6.07, 6.45) is 5.28. The molecule has 0 aliphatic carbocycles. The Morgan fingerprint density at radius 1 is 1.12 bits per heavy atom. The first-order chi connectivity index (χ1) is 15.4. The van der Waals surface area contributed by atoms with Crippen LogP contribution in [0.5, 0.6) is 0 Å². The Balaban J connectivity index is 1.52. The summed E-state index contributed by atoms with van der Waals surface area (Å²) in [5.41, 5.74) is 3.26. The molecule has 8 nitrogen and oxygen atoms in total. The molecule has 0 bridgehead atoms. The van der Waals surface area contributed by atoms with Crippen LogP contribution in [0.4, 0.5) is 0 Å². The number of halogens is 1. The molecule has 0 fully saturated rings. The summed E-state index contributed by atoms with van der Waals surface area (Å²) in [6, 6.07) is 8.77. The number of carbonyl (C=O) groups excluding carboxylic acids is 1. The van der Waals surface area contributed by atoms with Crippen molar-refractivity contribution in [3.05, 3.63) is 81.4 Å². The predicted molar refractivity (Wildman–Crippen MR) is 121 cm³/mol. The van der Waals surface area contributed by atoms with Crippen LogP contribution in [0.1, 0.15) is 34.7 Å². The van der Waals surface area contributed by atoms with Gasteiger partial charge in [-0.05, 0) is 38.1 Å². The van der Waals surface area contributed by atoms with Crippen molar-refractivity contribution in [2.24, 2.45) is 0 Å². The SMILES string of the molecule is COn1cc([C@@H](C)N2CCn3c(ccc(-n4cnc(C)c4)c3=O)C2=O)c2ccc(Cl)cc21. The molecule has 4 aromatic rings. The minimum absolute atomic E-state index is 0.179. The molecule has 32 heavy (non-hydrogen) atoms. The Kier molecular flexibility index (Phi) is 4.82. The topological polar surface area (TPSA) is 74.3 Å². The lowest BCUT2D eigenvalue weighted by Crippen LogP contribution is -2.45. The molecule has 5 rings (SSSR count). The molecule has 0 spiro atoms. The normalized spacial score (nSPS) is 14.6. The maximum atomic E-state index is 13.4. The first-order valence-electron chi connectivity index (χ1n) is 10.3. The van der Waals surface area contributed by atoms with Gasteiger partial charge in [-0.3, -0.25) is 9.59 Å². The van der Waals surface area contributed by atoms with E-state index >= 15 is 0 Å². The lowest BCUT2D eigenvalue weighted by molar-refractivity contribution is 0.0628. The molecule has 1 aromatic carbocycles. The second-order valence-electron chi connectivity index (χ2n) is 7.91. The zero-order chi connectivity index (χ0) is 22.6. The van der Waals surface area contributed by atoms with Gasteiger partial charge in [-0.1, -0.05) is 17.7 Å². The van der Waals surface area contributed by atoms with Gasteiger partial charge in [0.05, 0.1) is 29.8 Å². The second-order valence-corrected chi connectivity index (χ2v) is 8.35. The van der Waals surface area contributed by atoms with Crippen molar-refractivity contribution < 1.29 is 9.63 Å². The van der Waals surface area contributed by atoms with Gasteiger partial charge >= 0.3 is 0 Å². The number of amides is 1. The van der Waals surface area contributed by atoms with Crippen LogP contribution in [0.25, 0.3) is 16.6 Å². The van der Waals surface area contributed by atoms with Gasteiger partial charge in [0.15, 0.2) is 0 Å². The molecule has 9 heteroatoms. The number of hydrogen-bond donors (Lipinski definition) is 0. The Labute approximate surface area is 189 Å². The Bertz CT molecular complexity index is 1420. The molecular weight excluding hydrogens is 430 g/mol. The van der Waals surface area contributed by atoms with E-state index in [0.29, 0.717) is 29.5 Å². The smallest absolute Gasteiger partial charge is 0.275 e. The third kappa shape index (κ3) is 3.10. The maximum absolute atomic E-state index is 13.4. The number of benzene rings is 1. The molecule has 1 aliphatic rings. The van der Waals surface area contributed by atoms with Gasteiger partial charge in [-0.15, -0.1) is 0 Å². The average Bonchev–Trinajstić information content (AvgIpc) is 3.37. The van der Waals surface area contributed by atoms with E-state index in [9.17, 15) is 9.59 Å². The number of pyridine rings is 1. The lowest BCUT2D eigenvalue weighted by atomic mass is 10.0. The van der Waals surface area contributed by atoms with Crippen LogP contribution in [0, 0.1) is 6.92 Å². The third-order valence-corrected chi connectivity index (χ3v) is 6.30. The van der Waals surface area contributed by atoms with Crippen LogP contribution in [-0.4, -0.2) is 43.3 Å². The largest absolute Gasteiger partial charge is 0.417 e. The van der Waals surface area contributed by atoms with Crippen molar-refractivity contribution in [1.82, 2.24) is 23.7 Å². The van der Waals surface area contributed by atoms with Crippen LogP contribution in [0.3, 0.4) is 0 Å². The van der Waals surface area contributed by atoms with E-state index in [1.807, 2.05) is 38.2 Å². The summed E-state index contributed by atoms with van der Waals surface area (Å²) >= 11 is 6.17. The fourth-order valence-corrected chi connectivity index (χ4v) is 4.57. The Morgan fingerprint density at radius 2 is 1.94 bits per heavy atom. The van der Waals surface area contributed by atoms with Crippen LogP contribution in [-0.2, 0) is 6.54 Å². The van der Waals surface area contributed by atoms with Gasteiger partial charge in [0, 0.05) is 35.3 Å². The summed E-state index contributed by atoms with van der Waals surface area (Å²) in [6.45, 7) is 4.69. The van der Waals surface area contributed by atoms with Crippen LogP contribution >= 0.6 is 11.6 Å². The van der Waals surface area contributed by atoms with E-state index in [1.165, 1.54) is 0 Å². The number of rotatable bonds is 4. The molecule has 0 saturated carbocycles. The number of aryl methyl sites for hydroxylation is 1. The number of hydrogen-bond acceptors (Lipinski definition) is 4. The van der Waals surface area contributed by atoms with Crippen molar-refractivity contribution >= 4 is 28.4 Å². The summed E-state index contributed by atoms with van der Waals surface area (Å²) < 4.78 is 4.89. The molecule has 0 N–H and O–H groups in total. The number of imidazole rings is 1. The molecule has 0 radical (unpaired) electrons. The minimum atomic E-state index is -0.220. The lowest BCUT2D eigenvalue weighted by Gasteiger charge is -2.34. The highest BCUT2D eigenvalue weighted by atomic mass is 35.5. The van der Waals surface area contributed by atoms with Crippen LogP contribution in [0.15, 0.2) is 53.8 Å². The maximum Gasteiger partial charge on any atom is 0.275 e. The monoisotopic (exact) mass is 451 g/mol. The molecule has 0 unspecified atom stereocenters. The molecule has 1 atom stereocenters. The van der Waals surface area contributed by atoms with E-state index in [0.717, 1.165) is 22.2 Å². The van der Waals surface area contributed by atoms with Gasteiger partial charge in [0.2, 0.25) is 0 Å². The Morgan fingerprint density at radius 3 is 2.66 bits per heavy atom. The third-order valence-electron chi connectivity index (χ3n) is 6.07. The van der Waals surface area contributed by atoms with Crippen molar-refractivity contribution in [2.45, 2.75) is 26.4 Å². The fourth-order valence-electron chi connectivity index (χ4n) is 4.40. The molecule has 1 amide bonds.